The minimum atomic E-state index is -0.147. The number of hydrogen-bond acceptors (Lipinski definition) is 2. The first-order valence-corrected chi connectivity index (χ1v) is 3.93. The summed E-state index contributed by atoms with van der Waals surface area (Å²) in [6.45, 7) is 0. The molecule has 56 valence electrons. The fourth-order valence-electron chi connectivity index (χ4n) is 2.10. The summed E-state index contributed by atoms with van der Waals surface area (Å²) >= 11 is 0. The normalized spacial score (nSPS) is 44.9. The van der Waals surface area contributed by atoms with E-state index in [1.165, 1.54) is 0 Å². The summed E-state index contributed by atoms with van der Waals surface area (Å²) in [6.07, 6.45) is 7.64. The van der Waals surface area contributed by atoms with Crippen LogP contribution < -0.4 is 0 Å². The summed E-state index contributed by atoms with van der Waals surface area (Å²) in [6, 6.07) is 0. The van der Waals surface area contributed by atoms with Crippen LogP contribution in [-0.2, 0) is 9.53 Å². The number of ether oxygens (including phenoxy) is 1. The fourth-order valence-corrected chi connectivity index (χ4v) is 2.10. The van der Waals surface area contributed by atoms with Gasteiger partial charge in [0.1, 0.15) is 11.7 Å². The van der Waals surface area contributed by atoms with E-state index in [4.69, 9.17) is 4.74 Å². The third-order valence-electron chi connectivity index (χ3n) is 2.77. The molecule has 2 atom stereocenters. The molecule has 3 aliphatic rings. The predicted molar refractivity (Wildman–Crippen MR) is 39.1 cm³/mol. The lowest BCUT2D eigenvalue weighted by atomic mass is 9.94. The molecule has 1 saturated carbocycles. The van der Waals surface area contributed by atoms with E-state index in [1.54, 1.807) is 0 Å². The van der Waals surface area contributed by atoms with Crippen LogP contribution in [0.2, 0.25) is 0 Å². The molecule has 2 aliphatic carbocycles. The van der Waals surface area contributed by atoms with Crippen LogP contribution in [-0.4, -0.2) is 17.5 Å². The van der Waals surface area contributed by atoms with Gasteiger partial charge in [-0.25, -0.2) is 0 Å². The third-order valence-corrected chi connectivity index (χ3v) is 2.77. The summed E-state index contributed by atoms with van der Waals surface area (Å²) in [5.41, 5.74) is 0.760. The topological polar surface area (TPSA) is 29.6 Å². The molecule has 2 heteroatoms. The van der Waals surface area contributed by atoms with Crippen molar-refractivity contribution < 1.29 is 9.53 Å². The maximum atomic E-state index is 11.3. The molecule has 0 radical (unpaired) electrons. The van der Waals surface area contributed by atoms with E-state index in [0.717, 1.165) is 12.0 Å². The van der Waals surface area contributed by atoms with Crippen molar-refractivity contribution in [3.05, 3.63) is 23.8 Å². The lowest BCUT2D eigenvalue weighted by Gasteiger charge is -2.04. The molecule has 3 rings (SSSR count). The molecule has 11 heavy (non-hydrogen) atoms. The summed E-state index contributed by atoms with van der Waals surface area (Å²) in [5.74, 6) is 0.275. The zero-order valence-corrected chi connectivity index (χ0v) is 6.04. The van der Waals surface area contributed by atoms with Crippen molar-refractivity contribution in [2.75, 3.05) is 0 Å². The Bertz CT molecular complexity index is 301. The Morgan fingerprint density at radius 1 is 1.64 bits per heavy atom. The first-order valence-electron chi connectivity index (χ1n) is 3.93. The molecular weight excluding hydrogens is 140 g/mol. The maximum Gasteiger partial charge on any atom is 0.162 e. The minimum absolute atomic E-state index is 0.147. The molecule has 1 aliphatic heterocycles. The van der Waals surface area contributed by atoms with Crippen molar-refractivity contribution in [3.8, 4) is 0 Å². The van der Waals surface area contributed by atoms with Gasteiger partial charge in [-0.2, -0.15) is 0 Å². The van der Waals surface area contributed by atoms with Crippen molar-refractivity contribution in [1.29, 1.82) is 0 Å². The van der Waals surface area contributed by atoms with E-state index in [2.05, 4.69) is 0 Å². The van der Waals surface area contributed by atoms with Crippen LogP contribution in [0.4, 0.5) is 0 Å². The van der Waals surface area contributed by atoms with Gasteiger partial charge in [0, 0.05) is 12.0 Å². The van der Waals surface area contributed by atoms with Gasteiger partial charge < -0.3 is 4.74 Å². The van der Waals surface area contributed by atoms with Gasteiger partial charge in [-0.1, -0.05) is 18.2 Å². The number of hydrogen-bond donors (Lipinski definition) is 0. The highest BCUT2D eigenvalue weighted by atomic mass is 16.6. The Morgan fingerprint density at radius 2 is 2.55 bits per heavy atom. The average molecular weight is 148 g/mol. The first kappa shape index (κ1) is 5.72. The molecule has 1 spiro atoms. The molecule has 0 bridgehead atoms. The number of allylic oxidation sites excluding steroid dienone is 2. The molecule has 0 aromatic heterocycles. The van der Waals surface area contributed by atoms with Crippen LogP contribution in [0.25, 0.3) is 0 Å². The Morgan fingerprint density at radius 3 is 3.36 bits per heavy atom. The van der Waals surface area contributed by atoms with Crippen molar-refractivity contribution >= 4 is 5.78 Å². The van der Waals surface area contributed by atoms with E-state index < -0.39 is 0 Å². The Labute approximate surface area is 64.5 Å². The van der Waals surface area contributed by atoms with E-state index in [9.17, 15) is 4.79 Å². The number of carbonyl (C=O) groups is 1. The van der Waals surface area contributed by atoms with Crippen molar-refractivity contribution in [3.63, 3.8) is 0 Å². The van der Waals surface area contributed by atoms with E-state index in [0.29, 0.717) is 6.42 Å². The Balaban J connectivity index is 2.16. The summed E-state index contributed by atoms with van der Waals surface area (Å²) in [7, 11) is 0. The van der Waals surface area contributed by atoms with Gasteiger partial charge in [-0.15, -0.1) is 0 Å². The van der Waals surface area contributed by atoms with E-state index >= 15 is 0 Å². The highest BCUT2D eigenvalue weighted by Gasteiger charge is 2.62. The lowest BCUT2D eigenvalue weighted by molar-refractivity contribution is -0.114. The highest BCUT2D eigenvalue weighted by Crippen LogP contribution is 2.53. The first-order chi connectivity index (χ1) is 5.33. The minimum Gasteiger partial charge on any atom is -0.356 e. The van der Waals surface area contributed by atoms with E-state index in [-0.39, 0.29) is 17.5 Å². The summed E-state index contributed by atoms with van der Waals surface area (Å²) < 4.78 is 5.48. The van der Waals surface area contributed by atoms with Crippen LogP contribution in [0, 0.1) is 0 Å². The van der Waals surface area contributed by atoms with Crippen LogP contribution in [0.15, 0.2) is 23.8 Å². The van der Waals surface area contributed by atoms with Gasteiger partial charge >= 0.3 is 0 Å². The van der Waals surface area contributed by atoms with Gasteiger partial charge in [-0.3, -0.25) is 4.79 Å². The molecule has 2 fully saturated rings. The fraction of sp³-hybridized carbons (Fsp3) is 0.444. The molecular formula is C9H8O2. The quantitative estimate of drug-likeness (QED) is 0.479. The Hall–Kier alpha value is -0.890. The van der Waals surface area contributed by atoms with Gasteiger partial charge in [0.25, 0.3) is 0 Å². The average Bonchev–Trinajstić information content (AvgIpc) is 2.66. The number of Topliss-reactive ketones (excluding diaryl/α,β-unsaturated/α-hetero) is 1. The molecule has 0 amide bonds. The zero-order valence-electron chi connectivity index (χ0n) is 6.04. The number of rotatable bonds is 0. The van der Waals surface area contributed by atoms with Gasteiger partial charge in [-0.05, 0) is 6.42 Å². The summed E-state index contributed by atoms with van der Waals surface area (Å²) in [5, 5.41) is 0. The summed E-state index contributed by atoms with van der Waals surface area (Å²) in [4.78, 5) is 11.3. The Kier molecular flexibility index (Phi) is 0.771. The second kappa shape index (κ2) is 1.48. The van der Waals surface area contributed by atoms with Gasteiger partial charge in [0.05, 0.1) is 0 Å². The van der Waals surface area contributed by atoms with E-state index in [1.807, 2.05) is 18.2 Å². The SMILES string of the molecule is O=C1CCC23OC2C=CC=C13. The molecule has 1 heterocycles. The van der Waals surface area contributed by atoms with Crippen LogP contribution in [0.3, 0.4) is 0 Å². The predicted octanol–water partition coefficient (Wildman–Crippen LogP) is 0.983. The van der Waals surface area contributed by atoms with Gasteiger partial charge in [0.2, 0.25) is 0 Å². The largest absolute Gasteiger partial charge is 0.356 e. The number of carbonyl (C=O) groups excluding carboxylic acids is 1. The third kappa shape index (κ3) is 0.508. The molecule has 0 N–H and O–H groups in total. The maximum absolute atomic E-state index is 11.3. The van der Waals surface area contributed by atoms with Crippen molar-refractivity contribution in [2.45, 2.75) is 24.5 Å². The molecule has 2 nitrogen and oxygen atoms in total. The van der Waals surface area contributed by atoms with Crippen molar-refractivity contribution in [2.24, 2.45) is 0 Å². The highest BCUT2D eigenvalue weighted by molar-refractivity contribution is 6.01. The second-order valence-corrected chi connectivity index (χ2v) is 3.32. The molecule has 1 saturated heterocycles. The zero-order chi connectivity index (χ0) is 7.47. The van der Waals surface area contributed by atoms with Gasteiger partial charge in [0.15, 0.2) is 5.78 Å². The number of epoxide rings is 1. The number of ketones is 1. The monoisotopic (exact) mass is 148 g/mol. The smallest absolute Gasteiger partial charge is 0.162 e. The van der Waals surface area contributed by atoms with Crippen LogP contribution in [0.1, 0.15) is 12.8 Å². The second-order valence-electron chi connectivity index (χ2n) is 3.32. The van der Waals surface area contributed by atoms with Crippen molar-refractivity contribution in [1.82, 2.24) is 0 Å². The molecule has 2 unspecified atom stereocenters. The van der Waals surface area contributed by atoms with Crippen LogP contribution >= 0.6 is 0 Å². The lowest BCUT2D eigenvalue weighted by Crippen LogP contribution is -2.15. The standard InChI is InChI=1S/C9H8O2/c10-7-4-5-9-6(7)2-1-3-8(9)11-9/h1-3,8H,4-5H2. The molecule has 0 aromatic rings. The molecule has 0 aromatic carbocycles. The van der Waals surface area contributed by atoms with Crippen LogP contribution in [0.5, 0.6) is 0 Å².